The first-order valence-electron chi connectivity index (χ1n) is 5.69. The Kier molecular flexibility index (Phi) is 5.45. The molecule has 0 radical (unpaired) electrons. The molecule has 94 valence electrons. The van der Waals surface area contributed by atoms with Crippen LogP contribution in [0, 0.1) is 0 Å². The van der Waals surface area contributed by atoms with E-state index in [9.17, 15) is 4.79 Å². The van der Waals surface area contributed by atoms with Gasteiger partial charge in [0.05, 0.1) is 0 Å². The molecule has 0 saturated carbocycles. The lowest BCUT2D eigenvalue weighted by atomic mass is 10.1. The Morgan fingerprint density at radius 1 is 0.944 bits per heavy atom. The summed E-state index contributed by atoms with van der Waals surface area (Å²) in [4.78, 5) is 10.0. The molecule has 0 aromatic heterocycles. The second-order valence-corrected chi connectivity index (χ2v) is 3.66. The van der Waals surface area contributed by atoms with Crippen molar-refractivity contribution in [1.82, 2.24) is 0 Å². The van der Waals surface area contributed by atoms with Gasteiger partial charge in [0.15, 0.2) is 0 Å². The van der Waals surface area contributed by atoms with Crippen LogP contribution in [0.1, 0.15) is 22.8 Å². The fourth-order valence-electron chi connectivity index (χ4n) is 1.46. The van der Waals surface area contributed by atoms with Crippen LogP contribution < -0.4 is 0 Å². The van der Waals surface area contributed by atoms with Gasteiger partial charge in [0.25, 0.3) is 0 Å². The maximum Gasteiger partial charge on any atom is 0.150 e. The predicted octanol–water partition coefficient (Wildman–Crippen LogP) is 3.16. The third kappa shape index (κ3) is 3.94. The van der Waals surface area contributed by atoms with Crippen LogP contribution in [0.15, 0.2) is 48.5 Å². The third-order valence-corrected chi connectivity index (χ3v) is 2.42. The second kappa shape index (κ2) is 7.12. The van der Waals surface area contributed by atoms with Crippen LogP contribution in [-0.4, -0.2) is 16.5 Å². The largest absolute Gasteiger partial charge is 0.508 e. The number of carbonyl (C=O) groups is 1. The van der Waals surface area contributed by atoms with Gasteiger partial charge in [-0.05, 0) is 18.6 Å². The molecule has 0 fully saturated rings. The maximum atomic E-state index is 10.0. The molecule has 0 aliphatic carbocycles. The molecule has 0 unspecified atom stereocenters. The first-order valence-corrected chi connectivity index (χ1v) is 5.69. The molecule has 18 heavy (non-hydrogen) atoms. The molecule has 0 amide bonds. The highest BCUT2D eigenvalue weighted by molar-refractivity contribution is 5.74. The van der Waals surface area contributed by atoms with Crippen LogP contribution in [0.3, 0.4) is 0 Å². The number of aldehydes is 1. The Hall–Kier alpha value is -2.29. The SMILES string of the molecule is CCc1c(O)cccc1O.O=Cc1ccccc1. The summed E-state index contributed by atoms with van der Waals surface area (Å²) in [5, 5.41) is 18.3. The Labute approximate surface area is 106 Å². The van der Waals surface area contributed by atoms with Crippen LogP contribution in [0.2, 0.25) is 0 Å². The number of carbonyl (C=O) groups excluding carboxylic acids is 1. The molecule has 0 aliphatic rings. The Morgan fingerprint density at radius 3 is 1.83 bits per heavy atom. The lowest BCUT2D eigenvalue weighted by molar-refractivity contribution is 0.112. The Balaban J connectivity index is 0.000000184. The highest BCUT2D eigenvalue weighted by Gasteiger charge is 2.01. The highest BCUT2D eigenvalue weighted by Crippen LogP contribution is 2.25. The van der Waals surface area contributed by atoms with Crippen LogP contribution in [-0.2, 0) is 6.42 Å². The van der Waals surface area contributed by atoms with Crippen molar-refractivity contribution in [2.24, 2.45) is 0 Å². The van der Waals surface area contributed by atoms with Crippen LogP contribution in [0.5, 0.6) is 11.5 Å². The number of benzene rings is 2. The van der Waals surface area contributed by atoms with Gasteiger partial charge < -0.3 is 10.2 Å². The molecule has 2 aromatic rings. The van der Waals surface area contributed by atoms with E-state index in [1.165, 1.54) is 0 Å². The van der Waals surface area contributed by atoms with Crippen LogP contribution in [0.25, 0.3) is 0 Å². The van der Waals surface area contributed by atoms with E-state index >= 15 is 0 Å². The van der Waals surface area contributed by atoms with Gasteiger partial charge in [-0.1, -0.05) is 43.3 Å². The molecular weight excluding hydrogens is 228 g/mol. The quantitative estimate of drug-likeness (QED) is 0.798. The molecule has 3 heteroatoms. The van der Waals surface area contributed by atoms with Crippen molar-refractivity contribution in [3.8, 4) is 11.5 Å². The number of aromatic hydroxyl groups is 2. The van der Waals surface area contributed by atoms with E-state index in [2.05, 4.69) is 0 Å². The topological polar surface area (TPSA) is 57.5 Å². The summed E-state index contributed by atoms with van der Waals surface area (Å²) in [5.74, 6) is 0.338. The number of rotatable bonds is 2. The number of phenolic OH excluding ortho intramolecular Hbond substituents is 2. The molecule has 0 spiro atoms. The van der Waals surface area contributed by atoms with Crippen molar-refractivity contribution in [2.75, 3.05) is 0 Å². The van der Waals surface area contributed by atoms with Crippen molar-refractivity contribution in [3.63, 3.8) is 0 Å². The molecule has 0 aliphatic heterocycles. The monoisotopic (exact) mass is 244 g/mol. The summed E-state index contributed by atoms with van der Waals surface area (Å²) in [6, 6.07) is 13.8. The number of hydrogen-bond donors (Lipinski definition) is 2. The van der Waals surface area contributed by atoms with Crippen molar-refractivity contribution in [3.05, 3.63) is 59.7 Å². The second-order valence-electron chi connectivity index (χ2n) is 3.66. The number of phenols is 2. The van der Waals surface area contributed by atoms with E-state index in [1.807, 2.05) is 25.1 Å². The van der Waals surface area contributed by atoms with E-state index in [4.69, 9.17) is 10.2 Å². The zero-order valence-corrected chi connectivity index (χ0v) is 10.2. The maximum absolute atomic E-state index is 10.0. The first-order chi connectivity index (χ1) is 8.69. The van der Waals surface area contributed by atoms with Gasteiger partial charge in [0, 0.05) is 11.1 Å². The van der Waals surface area contributed by atoms with E-state index < -0.39 is 0 Å². The van der Waals surface area contributed by atoms with Crippen LogP contribution >= 0.6 is 0 Å². The Morgan fingerprint density at radius 2 is 1.50 bits per heavy atom. The van der Waals surface area contributed by atoms with Gasteiger partial charge in [-0.15, -0.1) is 0 Å². The van der Waals surface area contributed by atoms with Crippen molar-refractivity contribution in [2.45, 2.75) is 13.3 Å². The average Bonchev–Trinajstić information content (AvgIpc) is 2.41. The van der Waals surface area contributed by atoms with Gasteiger partial charge in [-0.3, -0.25) is 4.79 Å². The normalized spacial score (nSPS) is 9.17. The van der Waals surface area contributed by atoms with E-state index in [-0.39, 0.29) is 11.5 Å². The molecule has 2 N–H and O–H groups in total. The zero-order valence-electron chi connectivity index (χ0n) is 10.2. The summed E-state index contributed by atoms with van der Waals surface area (Å²) in [6.45, 7) is 1.88. The standard InChI is InChI=1S/C8H10O2.C7H6O/c1-2-6-7(9)4-3-5-8(6)10;8-6-7-4-2-1-3-5-7/h3-5,9-10H,2H2,1H3;1-6H. The lowest BCUT2D eigenvalue weighted by Gasteiger charge is -2.01. The fraction of sp³-hybridized carbons (Fsp3) is 0.133. The average molecular weight is 244 g/mol. The van der Waals surface area contributed by atoms with Gasteiger partial charge in [-0.2, -0.15) is 0 Å². The number of hydrogen-bond acceptors (Lipinski definition) is 3. The predicted molar refractivity (Wildman–Crippen MR) is 71.0 cm³/mol. The summed E-state index contributed by atoms with van der Waals surface area (Å²) in [7, 11) is 0. The fourth-order valence-corrected chi connectivity index (χ4v) is 1.46. The first kappa shape index (κ1) is 13.8. The minimum atomic E-state index is 0.169. The zero-order chi connectivity index (χ0) is 13.4. The smallest absolute Gasteiger partial charge is 0.150 e. The van der Waals surface area contributed by atoms with Crippen molar-refractivity contribution >= 4 is 6.29 Å². The van der Waals surface area contributed by atoms with Crippen molar-refractivity contribution < 1.29 is 15.0 Å². The molecule has 2 rings (SSSR count). The van der Waals surface area contributed by atoms with E-state index in [0.717, 1.165) is 11.8 Å². The van der Waals surface area contributed by atoms with E-state index in [1.54, 1.807) is 30.3 Å². The molecule has 0 saturated heterocycles. The van der Waals surface area contributed by atoms with Gasteiger partial charge in [-0.25, -0.2) is 0 Å². The van der Waals surface area contributed by atoms with Gasteiger partial charge >= 0.3 is 0 Å². The summed E-state index contributed by atoms with van der Waals surface area (Å²) in [5.41, 5.74) is 1.34. The van der Waals surface area contributed by atoms with Gasteiger partial charge in [0.1, 0.15) is 17.8 Å². The van der Waals surface area contributed by atoms with Crippen LogP contribution in [0.4, 0.5) is 0 Å². The molecule has 0 heterocycles. The molecule has 0 bridgehead atoms. The minimum Gasteiger partial charge on any atom is -0.508 e. The molecule has 2 aromatic carbocycles. The minimum absolute atomic E-state index is 0.169. The molecule has 0 atom stereocenters. The van der Waals surface area contributed by atoms with Crippen molar-refractivity contribution in [1.29, 1.82) is 0 Å². The lowest BCUT2D eigenvalue weighted by Crippen LogP contribution is -1.81. The third-order valence-electron chi connectivity index (χ3n) is 2.42. The Bertz CT molecular complexity index is 472. The molecular formula is C15H16O3. The van der Waals surface area contributed by atoms with Gasteiger partial charge in [0.2, 0.25) is 0 Å². The van der Waals surface area contributed by atoms with E-state index in [0.29, 0.717) is 12.0 Å². The summed E-state index contributed by atoms with van der Waals surface area (Å²) < 4.78 is 0. The summed E-state index contributed by atoms with van der Waals surface area (Å²) in [6.07, 6.45) is 1.48. The summed E-state index contributed by atoms with van der Waals surface area (Å²) >= 11 is 0. The highest BCUT2D eigenvalue weighted by atomic mass is 16.3. The molecule has 3 nitrogen and oxygen atoms in total.